The minimum absolute atomic E-state index is 0.777. The van der Waals surface area contributed by atoms with Crippen LogP contribution in [0.4, 0.5) is 0 Å². The zero-order valence-corrected chi connectivity index (χ0v) is 14.3. The Bertz CT molecular complexity index is 546. The minimum Gasteiger partial charge on any atom is -0.157 e. The smallest absolute Gasteiger partial charge is 0.0184 e. The van der Waals surface area contributed by atoms with Gasteiger partial charge in [-0.15, -0.1) is 0 Å². The Morgan fingerprint density at radius 3 is 1.90 bits per heavy atom. The lowest BCUT2D eigenvalue weighted by Crippen LogP contribution is -1.91. The first-order chi connectivity index (χ1) is 9.69. The van der Waals surface area contributed by atoms with E-state index in [0.717, 1.165) is 17.4 Å². The highest BCUT2D eigenvalue weighted by Gasteiger charge is 2.01. The standard InChI is InChI=1S/C18H24S2/c1-4-19-12-15-5-7-18-10-16(6-8-17(18)9-15)13-20-11-14(2)3/h5-10,14H,4,11-13H2,1-3H3. The van der Waals surface area contributed by atoms with E-state index in [1.54, 1.807) is 0 Å². The predicted octanol–water partition coefficient (Wildman–Crippen LogP) is 5.98. The molecule has 0 radical (unpaired) electrons. The highest BCUT2D eigenvalue weighted by atomic mass is 32.2. The van der Waals surface area contributed by atoms with Crippen LogP contribution in [0.25, 0.3) is 10.8 Å². The Kier molecular flexibility index (Phi) is 6.31. The summed E-state index contributed by atoms with van der Waals surface area (Å²) in [5, 5.41) is 2.75. The third kappa shape index (κ3) is 4.75. The Labute approximate surface area is 131 Å². The van der Waals surface area contributed by atoms with Crippen molar-refractivity contribution in [3.05, 3.63) is 47.5 Å². The Morgan fingerprint density at radius 2 is 1.40 bits per heavy atom. The number of fused-ring (bicyclic) bond motifs is 1. The van der Waals surface area contributed by atoms with Crippen LogP contribution in [0.1, 0.15) is 31.9 Å². The molecule has 0 saturated heterocycles. The highest BCUT2D eigenvalue weighted by molar-refractivity contribution is 7.98. The van der Waals surface area contributed by atoms with E-state index in [1.807, 2.05) is 23.5 Å². The molecule has 0 heterocycles. The number of rotatable bonds is 7. The van der Waals surface area contributed by atoms with E-state index >= 15 is 0 Å². The van der Waals surface area contributed by atoms with Crippen molar-refractivity contribution in [2.24, 2.45) is 5.92 Å². The molecule has 0 aliphatic heterocycles. The van der Waals surface area contributed by atoms with E-state index in [4.69, 9.17) is 0 Å². The Hall–Kier alpha value is -0.600. The van der Waals surface area contributed by atoms with E-state index in [-0.39, 0.29) is 0 Å². The fourth-order valence-electron chi connectivity index (χ4n) is 2.16. The minimum atomic E-state index is 0.777. The molecule has 2 aromatic carbocycles. The lowest BCUT2D eigenvalue weighted by molar-refractivity contribution is 0.750. The summed E-state index contributed by atoms with van der Waals surface area (Å²) in [7, 11) is 0. The summed E-state index contributed by atoms with van der Waals surface area (Å²) < 4.78 is 0. The molecule has 0 atom stereocenters. The third-order valence-corrected chi connectivity index (χ3v) is 5.55. The SMILES string of the molecule is CCSCc1ccc2cc(CSCC(C)C)ccc2c1. The third-order valence-electron chi connectivity index (χ3n) is 3.16. The molecule has 2 heteroatoms. The summed E-state index contributed by atoms with van der Waals surface area (Å²) in [6, 6.07) is 13.8. The van der Waals surface area contributed by atoms with Gasteiger partial charge in [-0.1, -0.05) is 57.2 Å². The second kappa shape index (κ2) is 7.99. The van der Waals surface area contributed by atoms with Crippen molar-refractivity contribution >= 4 is 34.3 Å². The molecular weight excluding hydrogens is 280 g/mol. The highest BCUT2D eigenvalue weighted by Crippen LogP contribution is 2.23. The van der Waals surface area contributed by atoms with Gasteiger partial charge in [-0.2, -0.15) is 23.5 Å². The Balaban J connectivity index is 2.06. The normalized spacial score (nSPS) is 11.4. The van der Waals surface area contributed by atoms with Crippen LogP contribution in [0.5, 0.6) is 0 Å². The zero-order valence-electron chi connectivity index (χ0n) is 12.7. The molecule has 2 rings (SSSR count). The van der Waals surface area contributed by atoms with E-state index < -0.39 is 0 Å². The number of hydrogen-bond acceptors (Lipinski definition) is 2. The van der Waals surface area contributed by atoms with E-state index in [0.29, 0.717) is 0 Å². The van der Waals surface area contributed by atoms with Crippen molar-refractivity contribution in [2.45, 2.75) is 32.3 Å². The molecule has 0 spiro atoms. The van der Waals surface area contributed by atoms with Gasteiger partial charge < -0.3 is 0 Å². The molecule has 20 heavy (non-hydrogen) atoms. The van der Waals surface area contributed by atoms with Crippen molar-refractivity contribution in [3.8, 4) is 0 Å². The first kappa shape index (κ1) is 15.8. The first-order valence-electron chi connectivity index (χ1n) is 7.36. The van der Waals surface area contributed by atoms with Gasteiger partial charge >= 0.3 is 0 Å². The topological polar surface area (TPSA) is 0 Å². The monoisotopic (exact) mass is 304 g/mol. The van der Waals surface area contributed by atoms with Crippen molar-refractivity contribution in [1.29, 1.82) is 0 Å². The zero-order chi connectivity index (χ0) is 14.4. The maximum atomic E-state index is 2.35. The lowest BCUT2D eigenvalue weighted by atomic mass is 10.1. The maximum Gasteiger partial charge on any atom is 0.0184 e. The van der Waals surface area contributed by atoms with Crippen LogP contribution in [0.2, 0.25) is 0 Å². The van der Waals surface area contributed by atoms with Crippen LogP contribution in [-0.2, 0) is 11.5 Å². The fourth-order valence-corrected chi connectivity index (χ4v) is 3.78. The van der Waals surface area contributed by atoms with Crippen molar-refractivity contribution in [2.75, 3.05) is 11.5 Å². The molecule has 0 aromatic heterocycles. The first-order valence-corrected chi connectivity index (χ1v) is 9.67. The second-order valence-electron chi connectivity index (χ2n) is 5.56. The van der Waals surface area contributed by atoms with Gasteiger partial charge in [0, 0.05) is 11.5 Å². The average molecular weight is 305 g/mol. The van der Waals surface area contributed by atoms with Crippen LogP contribution in [0, 0.1) is 5.92 Å². The second-order valence-corrected chi connectivity index (χ2v) is 7.87. The van der Waals surface area contributed by atoms with Gasteiger partial charge in [0.2, 0.25) is 0 Å². The van der Waals surface area contributed by atoms with Crippen LogP contribution in [0.15, 0.2) is 36.4 Å². The summed E-state index contributed by atoms with van der Waals surface area (Å²) in [6.07, 6.45) is 0. The van der Waals surface area contributed by atoms with Crippen LogP contribution < -0.4 is 0 Å². The van der Waals surface area contributed by atoms with Gasteiger partial charge in [0.15, 0.2) is 0 Å². The molecule has 0 bridgehead atoms. The van der Waals surface area contributed by atoms with Crippen LogP contribution in [-0.4, -0.2) is 11.5 Å². The predicted molar refractivity (Wildman–Crippen MR) is 96.8 cm³/mol. The summed E-state index contributed by atoms with van der Waals surface area (Å²) in [4.78, 5) is 0. The molecule has 0 aliphatic carbocycles. The molecule has 108 valence electrons. The summed E-state index contributed by atoms with van der Waals surface area (Å²) in [6.45, 7) is 6.78. The quantitative estimate of drug-likeness (QED) is 0.617. The van der Waals surface area contributed by atoms with Gasteiger partial charge in [0.05, 0.1) is 0 Å². The molecule has 0 saturated carbocycles. The molecule has 0 aliphatic rings. The average Bonchev–Trinajstić information content (AvgIpc) is 2.44. The van der Waals surface area contributed by atoms with Gasteiger partial charge in [0.25, 0.3) is 0 Å². The van der Waals surface area contributed by atoms with Crippen LogP contribution in [0.3, 0.4) is 0 Å². The van der Waals surface area contributed by atoms with Gasteiger partial charge in [-0.25, -0.2) is 0 Å². The molecule has 0 amide bonds. The maximum absolute atomic E-state index is 2.35. The van der Waals surface area contributed by atoms with Crippen LogP contribution >= 0.6 is 23.5 Å². The molecule has 0 N–H and O–H groups in total. The molecule has 2 aromatic rings. The molecule has 0 unspecified atom stereocenters. The number of thioether (sulfide) groups is 2. The number of benzene rings is 2. The van der Waals surface area contributed by atoms with Crippen molar-refractivity contribution in [3.63, 3.8) is 0 Å². The molecule has 0 nitrogen and oxygen atoms in total. The molecular formula is C18H24S2. The fraction of sp³-hybridized carbons (Fsp3) is 0.444. The van der Waals surface area contributed by atoms with E-state index in [1.165, 1.54) is 33.4 Å². The summed E-state index contributed by atoms with van der Waals surface area (Å²) in [5.74, 6) is 5.45. The van der Waals surface area contributed by atoms with Crippen molar-refractivity contribution < 1.29 is 0 Å². The lowest BCUT2D eigenvalue weighted by Gasteiger charge is -2.07. The van der Waals surface area contributed by atoms with Gasteiger partial charge in [-0.05, 0) is 39.3 Å². The van der Waals surface area contributed by atoms with Gasteiger partial charge in [-0.3, -0.25) is 0 Å². The Morgan fingerprint density at radius 1 is 0.850 bits per heavy atom. The van der Waals surface area contributed by atoms with E-state index in [9.17, 15) is 0 Å². The van der Waals surface area contributed by atoms with Crippen molar-refractivity contribution in [1.82, 2.24) is 0 Å². The van der Waals surface area contributed by atoms with E-state index in [2.05, 4.69) is 57.2 Å². The largest absolute Gasteiger partial charge is 0.157 e. The molecule has 0 fully saturated rings. The van der Waals surface area contributed by atoms with Gasteiger partial charge in [0.1, 0.15) is 0 Å². The summed E-state index contributed by atoms with van der Waals surface area (Å²) in [5.41, 5.74) is 2.88. The summed E-state index contributed by atoms with van der Waals surface area (Å²) >= 11 is 4.02. The number of hydrogen-bond donors (Lipinski definition) is 0.